The molecule has 7 heteroatoms. The van der Waals surface area contributed by atoms with Gasteiger partial charge >= 0.3 is 5.97 Å². The first-order chi connectivity index (χ1) is 11.9. The number of carboxylic acid groups (broad SMARTS) is 1. The van der Waals surface area contributed by atoms with Gasteiger partial charge in [-0.3, -0.25) is 0 Å². The van der Waals surface area contributed by atoms with Crippen molar-refractivity contribution in [2.24, 2.45) is 0 Å². The van der Waals surface area contributed by atoms with E-state index in [0.29, 0.717) is 12.0 Å². The molecule has 0 aromatic heterocycles. The van der Waals surface area contributed by atoms with Crippen molar-refractivity contribution in [3.63, 3.8) is 0 Å². The molecule has 6 nitrogen and oxygen atoms in total. The van der Waals surface area contributed by atoms with E-state index in [-0.39, 0.29) is 17.9 Å². The van der Waals surface area contributed by atoms with Crippen LogP contribution in [0.4, 0.5) is 0 Å². The maximum atomic E-state index is 12.3. The van der Waals surface area contributed by atoms with E-state index >= 15 is 0 Å². The van der Waals surface area contributed by atoms with Gasteiger partial charge < -0.3 is 9.84 Å². The molecule has 0 amide bonds. The lowest BCUT2D eigenvalue weighted by Crippen LogP contribution is -2.33. The number of hydrogen-bond acceptors (Lipinski definition) is 4. The fraction of sp³-hybridized carbons (Fsp3) is 0.278. The minimum atomic E-state index is -3.53. The summed E-state index contributed by atoms with van der Waals surface area (Å²) in [7, 11) is -2.04. The van der Waals surface area contributed by atoms with Gasteiger partial charge in [-0.1, -0.05) is 42.5 Å². The number of hydrogen-bond donors (Lipinski definition) is 2. The zero-order valence-corrected chi connectivity index (χ0v) is 14.7. The van der Waals surface area contributed by atoms with Crippen LogP contribution < -0.4 is 4.72 Å². The lowest BCUT2D eigenvalue weighted by molar-refractivity contribution is 0.0697. The van der Waals surface area contributed by atoms with E-state index in [4.69, 9.17) is 9.84 Å². The Hall–Kier alpha value is -2.22. The molecule has 2 rings (SSSR count). The van der Waals surface area contributed by atoms with Gasteiger partial charge in [0.15, 0.2) is 0 Å². The first kappa shape index (κ1) is 19.1. The second-order valence-corrected chi connectivity index (χ2v) is 7.50. The molecule has 2 aromatic carbocycles. The first-order valence-corrected chi connectivity index (χ1v) is 9.41. The summed E-state index contributed by atoms with van der Waals surface area (Å²) in [6.07, 6.45) is 0.0558. The predicted octanol–water partition coefficient (Wildman–Crippen LogP) is 2.06. The van der Waals surface area contributed by atoms with E-state index in [0.717, 1.165) is 5.56 Å². The molecule has 0 radical (unpaired) electrons. The number of ether oxygens (including phenoxy) is 1. The lowest BCUT2D eigenvalue weighted by Gasteiger charge is -2.16. The van der Waals surface area contributed by atoms with Crippen molar-refractivity contribution in [2.45, 2.75) is 19.1 Å². The lowest BCUT2D eigenvalue weighted by atomic mass is 10.1. The van der Waals surface area contributed by atoms with Crippen LogP contribution in [0.1, 0.15) is 21.5 Å². The van der Waals surface area contributed by atoms with Crippen LogP contribution in [0.25, 0.3) is 0 Å². The zero-order chi connectivity index (χ0) is 18.3. The van der Waals surface area contributed by atoms with E-state index in [1.54, 1.807) is 12.1 Å². The highest BCUT2D eigenvalue weighted by molar-refractivity contribution is 7.89. The highest BCUT2D eigenvalue weighted by atomic mass is 32.2. The maximum absolute atomic E-state index is 12.3. The molecule has 0 aliphatic rings. The van der Waals surface area contributed by atoms with Crippen molar-refractivity contribution < 1.29 is 23.1 Å². The summed E-state index contributed by atoms with van der Waals surface area (Å²) >= 11 is 0. The van der Waals surface area contributed by atoms with Crippen LogP contribution in [-0.2, 0) is 27.7 Å². The zero-order valence-electron chi connectivity index (χ0n) is 13.9. The van der Waals surface area contributed by atoms with Crippen molar-refractivity contribution in [3.05, 3.63) is 71.3 Å². The monoisotopic (exact) mass is 363 g/mol. The Labute approximate surface area is 147 Å². The average molecular weight is 363 g/mol. The van der Waals surface area contributed by atoms with Gasteiger partial charge in [0.1, 0.15) is 0 Å². The molecule has 1 unspecified atom stereocenters. The fourth-order valence-corrected chi connectivity index (χ4v) is 3.60. The van der Waals surface area contributed by atoms with E-state index in [1.165, 1.54) is 19.2 Å². The second-order valence-electron chi connectivity index (χ2n) is 5.65. The van der Waals surface area contributed by atoms with Crippen LogP contribution in [0.5, 0.6) is 0 Å². The van der Waals surface area contributed by atoms with Crippen molar-refractivity contribution in [1.29, 1.82) is 0 Å². The molecule has 1 atom stereocenters. The largest absolute Gasteiger partial charge is 0.478 e. The fourth-order valence-electron chi connectivity index (χ4n) is 2.35. The summed E-state index contributed by atoms with van der Waals surface area (Å²) in [6, 6.07) is 15.6. The summed E-state index contributed by atoms with van der Waals surface area (Å²) in [5.41, 5.74) is 1.85. The molecule has 0 aliphatic carbocycles. The Balaban J connectivity index is 1.92. The van der Waals surface area contributed by atoms with Crippen LogP contribution >= 0.6 is 0 Å². The van der Waals surface area contributed by atoms with E-state index in [9.17, 15) is 13.2 Å². The average Bonchev–Trinajstić information content (AvgIpc) is 2.60. The molecule has 0 bridgehead atoms. The quantitative estimate of drug-likeness (QED) is 0.711. The SMILES string of the molecule is COC(Cc1ccccc1)CS(=O)(=O)NCc1ccc(C(=O)O)cc1. The second kappa shape index (κ2) is 8.75. The third-order valence-corrected chi connectivity index (χ3v) is 5.14. The molecular weight excluding hydrogens is 342 g/mol. The van der Waals surface area contributed by atoms with Crippen LogP contribution in [0, 0.1) is 0 Å². The Kier molecular flexibility index (Phi) is 6.69. The summed E-state index contributed by atoms with van der Waals surface area (Å²) in [5.74, 6) is -1.16. The van der Waals surface area contributed by atoms with E-state index in [2.05, 4.69) is 4.72 Å². The third kappa shape index (κ3) is 6.30. The Morgan fingerprint density at radius 1 is 1.08 bits per heavy atom. The highest BCUT2D eigenvalue weighted by Gasteiger charge is 2.19. The number of aromatic carboxylic acids is 1. The third-order valence-electron chi connectivity index (χ3n) is 3.74. The Bertz CT molecular complexity index is 788. The van der Waals surface area contributed by atoms with Gasteiger partial charge in [0.25, 0.3) is 0 Å². The topological polar surface area (TPSA) is 92.7 Å². The van der Waals surface area contributed by atoms with Crippen molar-refractivity contribution in [2.75, 3.05) is 12.9 Å². The number of rotatable bonds is 9. The summed E-state index contributed by atoms with van der Waals surface area (Å²) in [4.78, 5) is 10.8. The number of benzene rings is 2. The molecule has 0 heterocycles. The molecule has 2 aromatic rings. The number of carbonyl (C=O) groups is 1. The van der Waals surface area contributed by atoms with Crippen molar-refractivity contribution >= 4 is 16.0 Å². The first-order valence-electron chi connectivity index (χ1n) is 7.76. The van der Waals surface area contributed by atoms with Gasteiger partial charge in [-0.2, -0.15) is 0 Å². The Morgan fingerprint density at radius 2 is 1.72 bits per heavy atom. The van der Waals surface area contributed by atoms with Crippen LogP contribution in [0.3, 0.4) is 0 Å². The van der Waals surface area contributed by atoms with E-state index < -0.39 is 22.1 Å². The number of methoxy groups -OCH3 is 1. The van der Waals surface area contributed by atoms with Crippen molar-refractivity contribution in [1.82, 2.24) is 4.72 Å². The maximum Gasteiger partial charge on any atom is 0.335 e. The standard InChI is InChI=1S/C18H21NO5S/c1-24-17(11-14-5-3-2-4-6-14)13-25(22,23)19-12-15-7-9-16(10-8-15)18(20)21/h2-10,17,19H,11-13H2,1H3,(H,20,21). The molecule has 134 valence electrons. The number of nitrogens with one attached hydrogen (secondary N) is 1. The highest BCUT2D eigenvalue weighted by Crippen LogP contribution is 2.09. The van der Waals surface area contributed by atoms with Crippen LogP contribution in [0.2, 0.25) is 0 Å². The molecule has 0 aliphatic heterocycles. The molecule has 25 heavy (non-hydrogen) atoms. The van der Waals surface area contributed by atoms with Gasteiger partial charge in [0, 0.05) is 13.7 Å². The summed E-state index contributed by atoms with van der Waals surface area (Å²) < 4.78 is 32.3. The van der Waals surface area contributed by atoms with Crippen LogP contribution in [-0.4, -0.2) is 38.5 Å². The summed E-state index contributed by atoms with van der Waals surface area (Å²) in [5, 5.41) is 8.86. The van der Waals surface area contributed by atoms with E-state index in [1.807, 2.05) is 30.3 Å². The van der Waals surface area contributed by atoms with Crippen LogP contribution in [0.15, 0.2) is 54.6 Å². The Morgan fingerprint density at radius 3 is 2.28 bits per heavy atom. The minimum Gasteiger partial charge on any atom is -0.478 e. The molecule has 0 fully saturated rings. The molecule has 2 N–H and O–H groups in total. The molecule has 0 saturated heterocycles. The van der Waals surface area contributed by atoms with Crippen molar-refractivity contribution in [3.8, 4) is 0 Å². The van der Waals surface area contributed by atoms with Gasteiger partial charge in [0.05, 0.1) is 17.4 Å². The summed E-state index contributed by atoms with van der Waals surface area (Å²) in [6.45, 7) is 0.101. The van der Waals surface area contributed by atoms with Gasteiger partial charge in [-0.25, -0.2) is 17.9 Å². The number of sulfonamides is 1. The van der Waals surface area contributed by atoms with Gasteiger partial charge in [-0.05, 0) is 29.7 Å². The normalized spacial score (nSPS) is 12.7. The minimum absolute atomic E-state index is 0.101. The molecule has 0 saturated carbocycles. The van der Waals surface area contributed by atoms with Gasteiger partial charge in [-0.15, -0.1) is 0 Å². The molecular formula is C18H21NO5S. The smallest absolute Gasteiger partial charge is 0.335 e. The predicted molar refractivity (Wildman–Crippen MR) is 95.0 cm³/mol. The molecule has 0 spiro atoms. The van der Waals surface area contributed by atoms with Gasteiger partial charge in [0.2, 0.25) is 10.0 Å². The number of carboxylic acids is 1.